The van der Waals surface area contributed by atoms with Crippen molar-refractivity contribution in [3.63, 3.8) is 0 Å². The molecule has 0 amide bonds. The Kier molecular flexibility index (Phi) is 3.17. The van der Waals surface area contributed by atoms with Crippen LogP contribution in [0.25, 0.3) is 0 Å². The van der Waals surface area contributed by atoms with Gasteiger partial charge in [-0.25, -0.2) is 4.98 Å². The number of pyridine rings is 1. The van der Waals surface area contributed by atoms with Gasteiger partial charge in [0.05, 0.1) is 23.7 Å². The number of nitrogens with zero attached hydrogens (tertiary/aromatic N) is 2. The Morgan fingerprint density at radius 1 is 1.50 bits per heavy atom. The van der Waals surface area contributed by atoms with Crippen LogP contribution in [0.4, 0.5) is 0 Å². The number of aromatic nitrogens is 2. The van der Waals surface area contributed by atoms with Gasteiger partial charge in [-0.05, 0) is 13.0 Å². The molecule has 0 radical (unpaired) electrons. The van der Waals surface area contributed by atoms with Gasteiger partial charge in [0.25, 0.3) is 5.56 Å². The number of thiazole rings is 1. The van der Waals surface area contributed by atoms with Gasteiger partial charge in [-0.2, -0.15) is 0 Å². The van der Waals surface area contributed by atoms with E-state index < -0.39 is 0 Å². The number of aliphatic hydroxyl groups is 1. The fourth-order valence-corrected chi connectivity index (χ4v) is 2.37. The van der Waals surface area contributed by atoms with Gasteiger partial charge < -0.3 is 9.67 Å². The van der Waals surface area contributed by atoms with Crippen LogP contribution in [0.3, 0.4) is 0 Å². The molecule has 0 atom stereocenters. The van der Waals surface area contributed by atoms with Crippen LogP contribution < -0.4 is 5.56 Å². The number of rotatable bonds is 3. The molecule has 0 saturated carbocycles. The summed E-state index contributed by atoms with van der Waals surface area (Å²) in [7, 11) is 0. The minimum Gasteiger partial charge on any atom is -0.391 e. The number of aliphatic hydroxyl groups excluding tert-OH is 1. The van der Waals surface area contributed by atoms with Crippen LogP contribution in [0.2, 0.25) is 0 Å². The lowest BCUT2D eigenvalue weighted by atomic mass is 10.4. The Balaban J connectivity index is 2.27. The average Bonchev–Trinajstić information content (AvgIpc) is 2.62. The Bertz CT molecular complexity index is 545. The molecule has 2 aromatic rings. The average molecular weight is 236 g/mol. The zero-order valence-electron chi connectivity index (χ0n) is 8.88. The molecule has 0 spiro atoms. The van der Waals surface area contributed by atoms with Crippen molar-refractivity contribution in [3.8, 4) is 0 Å². The summed E-state index contributed by atoms with van der Waals surface area (Å²) in [6, 6.07) is 5.05. The van der Waals surface area contributed by atoms with E-state index in [0.717, 1.165) is 15.6 Å². The molecule has 0 unspecified atom stereocenters. The molecule has 5 heteroatoms. The molecule has 0 aliphatic carbocycles. The maximum Gasteiger partial charge on any atom is 0.250 e. The van der Waals surface area contributed by atoms with E-state index >= 15 is 0 Å². The molecule has 0 aromatic carbocycles. The lowest BCUT2D eigenvalue weighted by molar-refractivity contribution is 0.284. The second-order valence-electron chi connectivity index (χ2n) is 3.44. The molecular formula is C11H12N2O2S. The molecule has 2 heterocycles. The highest BCUT2D eigenvalue weighted by molar-refractivity contribution is 7.11. The van der Waals surface area contributed by atoms with E-state index in [1.807, 2.05) is 13.0 Å². The Morgan fingerprint density at radius 2 is 2.31 bits per heavy atom. The zero-order valence-corrected chi connectivity index (χ0v) is 9.70. The van der Waals surface area contributed by atoms with E-state index in [4.69, 9.17) is 5.11 Å². The number of aryl methyl sites for hydroxylation is 1. The van der Waals surface area contributed by atoms with Crippen LogP contribution in [-0.4, -0.2) is 14.7 Å². The fraction of sp³-hybridized carbons (Fsp3) is 0.273. The summed E-state index contributed by atoms with van der Waals surface area (Å²) in [6.45, 7) is 2.33. The van der Waals surface area contributed by atoms with Gasteiger partial charge >= 0.3 is 0 Å². The second kappa shape index (κ2) is 4.59. The molecule has 2 rings (SSSR count). The molecule has 16 heavy (non-hydrogen) atoms. The topological polar surface area (TPSA) is 55.1 Å². The molecule has 4 nitrogen and oxygen atoms in total. The van der Waals surface area contributed by atoms with Crippen LogP contribution >= 0.6 is 11.3 Å². The van der Waals surface area contributed by atoms with Crippen molar-refractivity contribution in [2.24, 2.45) is 0 Å². The van der Waals surface area contributed by atoms with Crippen molar-refractivity contribution < 1.29 is 5.11 Å². The van der Waals surface area contributed by atoms with Gasteiger partial charge in [0, 0.05) is 12.3 Å². The predicted molar refractivity (Wildman–Crippen MR) is 62.6 cm³/mol. The monoisotopic (exact) mass is 236 g/mol. The minimum atomic E-state index is -0.0408. The van der Waals surface area contributed by atoms with Crippen LogP contribution in [-0.2, 0) is 13.2 Å². The molecule has 0 aliphatic heterocycles. The van der Waals surface area contributed by atoms with Crippen LogP contribution in [0.5, 0.6) is 0 Å². The van der Waals surface area contributed by atoms with Gasteiger partial charge in [0.15, 0.2) is 0 Å². The summed E-state index contributed by atoms with van der Waals surface area (Å²) in [6.07, 6.45) is 1.73. The summed E-state index contributed by atoms with van der Waals surface area (Å²) in [5.74, 6) is 0. The maximum absolute atomic E-state index is 11.5. The number of hydrogen-bond donors (Lipinski definition) is 1. The van der Waals surface area contributed by atoms with Crippen LogP contribution in [0.1, 0.15) is 15.6 Å². The highest BCUT2D eigenvalue weighted by atomic mass is 32.1. The summed E-state index contributed by atoms with van der Waals surface area (Å²) >= 11 is 1.44. The molecule has 84 valence electrons. The molecular weight excluding hydrogens is 224 g/mol. The van der Waals surface area contributed by atoms with Crippen LogP contribution in [0.15, 0.2) is 29.2 Å². The largest absolute Gasteiger partial charge is 0.391 e. The summed E-state index contributed by atoms with van der Waals surface area (Å²) in [5.41, 5.74) is 0.799. The van der Waals surface area contributed by atoms with Gasteiger partial charge in [-0.3, -0.25) is 4.79 Å². The lowest BCUT2D eigenvalue weighted by Gasteiger charge is -2.00. The molecule has 0 bridgehead atoms. The Hall–Kier alpha value is -1.46. The normalized spacial score (nSPS) is 10.6. The summed E-state index contributed by atoms with van der Waals surface area (Å²) in [5, 5.41) is 9.90. The van der Waals surface area contributed by atoms with Gasteiger partial charge in [0.2, 0.25) is 0 Å². The minimum absolute atomic E-state index is 0.00713. The first kappa shape index (κ1) is 11.0. The molecule has 0 fully saturated rings. The van der Waals surface area contributed by atoms with E-state index in [-0.39, 0.29) is 12.2 Å². The third kappa shape index (κ3) is 2.20. The van der Waals surface area contributed by atoms with E-state index in [2.05, 4.69) is 4.98 Å². The first-order valence-electron chi connectivity index (χ1n) is 4.92. The maximum atomic E-state index is 11.5. The summed E-state index contributed by atoms with van der Waals surface area (Å²) < 4.78 is 1.60. The lowest BCUT2D eigenvalue weighted by Crippen LogP contribution is -2.18. The van der Waals surface area contributed by atoms with Crippen molar-refractivity contribution in [1.82, 2.24) is 9.55 Å². The standard InChI is InChI=1S/C11H12N2O2S/c1-8-9(7-14)16-10(12-8)6-13-5-3-2-4-11(13)15/h2-5,14H,6-7H2,1H3. The Morgan fingerprint density at radius 3 is 2.94 bits per heavy atom. The van der Waals surface area contributed by atoms with E-state index in [1.165, 1.54) is 17.4 Å². The van der Waals surface area contributed by atoms with Crippen LogP contribution in [0, 0.1) is 6.92 Å². The SMILES string of the molecule is Cc1nc(Cn2ccccc2=O)sc1CO. The predicted octanol–water partition coefficient (Wildman–Crippen LogP) is 1.15. The van der Waals surface area contributed by atoms with E-state index in [0.29, 0.717) is 6.54 Å². The highest BCUT2D eigenvalue weighted by Crippen LogP contribution is 2.18. The third-order valence-corrected chi connectivity index (χ3v) is 3.41. The first-order chi connectivity index (χ1) is 7.70. The van der Waals surface area contributed by atoms with E-state index in [9.17, 15) is 4.79 Å². The third-order valence-electron chi connectivity index (χ3n) is 2.29. The van der Waals surface area contributed by atoms with E-state index in [1.54, 1.807) is 16.8 Å². The Labute approximate surface area is 96.8 Å². The van der Waals surface area contributed by atoms with Crippen molar-refractivity contribution >= 4 is 11.3 Å². The van der Waals surface area contributed by atoms with Gasteiger partial charge in [0.1, 0.15) is 5.01 Å². The van der Waals surface area contributed by atoms with Gasteiger partial charge in [-0.1, -0.05) is 6.07 Å². The van der Waals surface area contributed by atoms with Crippen molar-refractivity contribution in [2.45, 2.75) is 20.1 Å². The zero-order chi connectivity index (χ0) is 11.5. The smallest absolute Gasteiger partial charge is 0.250 e. The molecule has 0 saturated heterocycles. The summed E-state index contributed by atoms with van der Waals surface area (Å²) in [4.78, 5) is 16.7. The van der Waals surface area contributed by atoms with Crippen molar-refractivity contribution in [3.05, 3.63) is 50.3 Å². The number of hydrogen-bond acceptors (Lipinski definition) is 4. The van der Waals surface area contributed by atoms with Crippen molar-refractivity contribution in [1.29, 1.82) is 0 Å². The molecule has 1 N–H and O–H groups in total. The van der Waals surface area contributed by atoms with Crippen molar-refractivity contribution in [2.75, 3.05) is 0 Å². The van der Waals surface area contributed by atoms with Gasteiger partial charge in [-0.15, -0.1) is 11.3 Å². The molecule has 2 aromatic heterocycles. The highest BCUT2D eigenvalue weighted by Gasteiger charge is 2.07. The second-order valence-corrected chi connectivity index (χ2v) is 4.61. The molecule has 0 aliphatic rings. The first-order valence-corrected chi connectivity index (χ1v) is 5.74. The quantitative estimate of drug-likeness (QED) is 0.870. The fourth-order valence-electron chi connectivity index (χ4n) is 1.44.